The number of nitrogens with zero attached hydrogens (tertiary/aromatic N) is 5. The van der Waals surface area contributed by atoms with Gasteiger partial charge in [0.05, 0.1) is 12.3 Å². The Kier molecular flexibility index (Phi) is 5.62. The SMILES string of the molecule is C[C@H]1Cc2c(ncnc2Oc2ccc3c(c2)CCN3C(=O)Nc2cc(C3CC3)on2)CN1CCO. The molecule has 1 saturated carbocycles. The molecule has 2 aliphatic heterocycles. The molecule has 3 aliphatic rings. The molecule has 1 aliphatic carbocycles. The van der Waals surface area contributed by atoms with E-state index in [4.69, 9.17) is 9.26 Å². The molecular weight excluding hydrogens is 448 g/mol. The minimum atomic E-state index is -0.223. The Hall–Kier alpha value is -3.50. The summed E-state index contributed by atoms with van der Waals surface area (Å²) < 4.78 is 11.5. The average molecular weight is 477 g/mol. The molecule has 1 fully saturated rings. The third-order valence-electron chi connectivity index (χ3n) is 7.01. The van der Waals surface area contributed by atoms with Gasteiger partial charge in [0.25, 0.3) is 0 Å². The van der Waals surface area contributed by atoms with Gasteiger partial charge in [-0.05, 0) is 56.4 Å². The van der Waals surface area contributed by atoms with Crippen LogP contribution in [0.25, 0.3) is 0 Å². The topological polar surface area (TPSA) is 117 Å². The lowest BCUT2D eigenvalue weighted by Gasteiger charge is -2.33. The number of ether oxygens (including phenoxy) is 1. The fraction of sp³-hybridized carbons (Fsp3) is 0.440. The number of nitrogens with one attached hydrogen (secondary N) is 1. The van der Waals surface area contributed by atoms with Crippen LogP contribution in [0.2, 0.25) is 0 Å². The molecule has 0 spiro atoms. The van der Waals surface area contributed by atoms with Crippen molar-refractivity contribution in [2.24, 2.45) is 0 Å². The number of anilines is 2. The number of urea groups is 1. The van der Waals surface area contributed by atoms with E-state index in [9.17, 15) is 9.90 Å². The Bertz CT molecular complexity index is 1260. The van der Waals surface area contributed by atoms with Crippen molar-refractivity contribution in [1.82, 2.24) is 20.0 Å². The predicted octanol–water partition coefficient (Wildman–Crippen LogP) is 3.47. The molecule has 3 aromatic rings. The summed E-state index contributed by atoms with van der Waals surface area (Å²) in [6, 6.07) is 7.61. The van der Waals surface area contributed by atoms with Gasteiger partial charge in [0.1, 0.15) is 17.8 Å². The maximum atomic E-state index is 12.9. The Balaban J connectivity index is 1.16. The maximum absolute atomic E-state index is 12.9. The van der Waals surface area contributed by atoms with E-state index < -0.39 is 0 Å². The smallest absolute Gasteiger partial charge is 0.327 e. The van der Waals surface area contributed by atoms with Gasteiger partial charge in [-0.15, -0.1) is 0 Å². The standard InChI is InChI=1S/C25H28N6O4/c1-15-10-19-20(13-30(15)8-9-32)26-14-27-24(19)34-18-4-5-21-17(11-18)6-7-31(21)25(33)28-23-12-22(35-29-23)16-2-3-16/h4-5,11-12,14-16,32H,2-3,6-10,13H2,1H3,(H,28,29,33)/t15-/m0/s1. The van der Waals surface area contributed by atoms with E-state index in [-0.39, 0.29) is 18.7 Å². The highest BCUT2D eigenvalue weighted by Crippen LogP contribution is 2.41. The highest BCUT2D eigenvalue weighted by Gasteiger charge is 2.30. The maximum Gasteiger partial charge on any atom is 0.327 e. The number of aromatic nitrogens is 3. The van der Waals surface area contributed by atoms with Gasteiger partial charge in [-0.25, -0.2) is 14.8 Å². The molecule has 1 atom stereocenters. The van der Waals surface area contributed by atoms with Crippen molar-refractivity contribution in [2.75, 3.05) is 29.9 Å². The molecule has 1 aromatic carbocycles. The van der Waals surface area contributed by atoms with Gasteiger partial charge < -0.3 is 14.4 Å². The first kappa shape index (κ1) is 22.0. The summed E-state index contributed by atoms with van der Waals surface area (Å²) in [7, 11) is 0. The number of fused-ring (bicyclic) bond motifs is 2. The number of hydrogen-bond donors (Lipinski definition) is 2. The second-order valence-corrected chi connectivity index (χ2v) is 9.46. The van der Waals surface area contributed by atoms with Gasteiger partial charge in [-0.3, -0.25) is 15.1 Å². The van der Waals surface area contributed by atoms with E-state index in [2.05, 4.69) is 32.3 Å². The first-order valence-corrected chi connectivity index (χ1v) is 12.1. The molecule has 35 heavy (non-hydrogen) atoms. The molecule has 6 rings (SSSR count). The molecule has 0 bridgehead atoms. The molecule has 2 aromatic heterocycles. The minimum absolute atomic E-state index is 0.123. The van der Waals surface area contributed by atoms with Crippen LogP contribution in [0.5, 0.6) is 11.6 Å². The molecule has 10 heteroatoms. The van der Waals surface area contributed by atoms with E-state index in [0.29, 0.717) is 43.0 Å². The molecule has 2 N–H and O–H groups in total. The molecule has 4 heterocycles. The van der Waals surface area contributed by atoms with Crippen molar-refractivity contribution in [3.05, 3.63) is 53.2 Å². The van der Waals surface area contributed by atoms with Crippen molar-refractivity contribution < 1.29 is 19.2 Å². The van der Waals surface area contributed by atoms with Crippen LogP contribution >= 0.6 is 0 Å². The zero-order valence-electron chi connectivity index (χ0n) is 19.6. The minimum Gasteiger partial charge on any atom is -0.439 e. The number of carbonyl (C=O) groups is 1. The Labute approximate surface area is 202 Å². The van der Waals surface area contributed by atoms with E-state index in [1.54, 1.807) is 4.90 Å². The molecular formula is C25H28N6O4. The summed E-state index contributed by atoms with van der Waals surface area (Å²) in [6.45, 7) is 4.12. The Morgan fingerprint density at radius 1 is 1.29 bits per heavy atom. The first-order valence-electron chi connectivity index (χ1n) is 12.1. The highest BCUT2D eigenvalue weighted by atomic mass is 16.5. The van der Waals surface area contributed by atoms with Crippen molar-refractivity contribution in [2.45, 2.75) is 51.1 Å². The average Bonchev–Trinajstić information content (AvgIpc) is 3.45. The molecule has 0 radical (unpaired) electrons. The van der Waals surface area contributed by atoms with Crippen LogP contribution < -0.4 is 15.0 Å². The fourth-order valence-corrected chi connectivity index (χ4v) is 4.91. The second kappa shape index (κ2) is 8.94. The summed E-state index contributed by atoms with van der Waals surface area (Å²) in [5.41, 5.74) is 3.85. The summed E-state index contributed by atoms with van der Waals surface area (Å²) in [4.78, 5) is 25.7. The lowest BCUT2D eigenvalue weighted by atomic mass is 9.99. The number of benzene rings is 1. The van der Waals surface area contributed by atoms with Gasteiger partial charge in [0.2, 0.25) is 5.88 Å². The van der Waals surface area contributed by atoms with Crippen LogP contribution in [-0.2, 0) is 19.4 Å². The number of hydrogen-bond acceptors (Lipinski definition) is 8. The van der Waals surface area contributed by atoms with Gasteiger partial charge in [-0.2, -0.15) is 0 Å². The molecule has 2 amide bonds. The van der Waals surface area contributed by atoms with Crippen LogP contribution in [0.3, 0.4) is 0 Å². The fourth-order valence-electron chi connectivity index (χ4n) is 4.91. The van der Waals surface area contributed by atoms with Crippen LogP contribution in [-0.4, -0.2) is 56.9 Å². The number of carbonyl (C=O) groups excluding carboxylic acids is 1. The van der Waals surface area contributed by atoms with Crippen LogP contribution in [0.4, 0.5) is 16.3 Å². The van der Waals surface area contributed by atoms with Crippen molar-refractivity contribution >= 4 is 17.5 Å². The molecule has 0 unspecified atom stereocenters. The van der Waals surface area contributed by atoms with Crippen molar-refractivity contribution in [1.29, 1.82) is 0 Å². The van der Waals surface area contributed by atoms with Gasteiger partial charge in [0.15, 0.2) is 5.82 Å². The van der Waals surface area contributed by atoms with E-state index in [1.165, 1.54) is 6.33 Å². The zero-order chi connectivity index (χ0) is 23.9. The van der Waals surface area contributed by atoms with Crippen molar-refractivity contribution in [3.63, 3.8) is 0 Å². The summed E-state index contributed by atoms with van der Waals surface area (Å²) in [5, 5.41) is 16.2. The van der Waals surface area contributed by atoms with Crippen LogP contribution in [0.1, 0.15) is 48.3 Å². The van der Waals surface area contributed by atoms with Gasteiger partial charge in [0, 0.05) is 48.9 Å². The molecule has 10 nitrogen and oxygen atoms in total. The third-order valence-corrected chi connectivity index (χ3v) is 7.01. The number of β-amino-alcohol motifs (C(OH)–C–C–N with tert-alkyl or cyclic N) is 1. The number of amides is 2. The highest BCUT2D eigenvalue weighted by molar-refractivity contribution is 6.02. The predicted molar refractivity (Wildman–Crippen MR) is 128 cm³/mol. The molecule has 0 saturated heterocycles. The van der Waals surface area contributed by atoms with Gasteiger partial charge in [-0.1, -0.05) is 5.16 Å². The second-order valence-electron chi connectivity index (χ2n) is 9.46. The summed E-state index contributed by atoms with van der Waals surface area (Å²) >= 11 is 0. The van der Waals surface area contributed by atoms with Crippen LogP contribution in [0, 0.1) is 0 Å². The van der Waals surface area contributed by atoms with Crippen molar-refractivity contribution in [3.8, 4) is 11.6 Å². The summed E-state index contributed by atoms with van der Waals surface area (Å²) in [6.07, 6.45) is 5.26. The van der Waals surface area contributed by atoms with Gasteiger partial charge >= 0.3 is 6.03 Å². The lowest BCUT2D eigenvalue weighted by molar-refractivity contribution is 0.138. The lowest BCUT2D eigenvalue weighted by Crippen LogP contribution is -2.40. The number of aliphatic hydroxyl groups excluding tert-OH is 1. The van der Waals surface area contributed by atoms with E-state index in [1.807, 2.05) is 24.3 Å². The number of aliphatic hydroxyl groups is 1. The Morgan fingerprint density at radius 3 is 3.00 bits per heavy atom. The third kappa shape index (κ3) is 4.35. The Morgan fingerprint density at radius 2 is 2.17 bits per heavy atom. The van der Waals surface area contributed by atoms with Crippen LogP contribution in [0.15, 0.2) is 35.1 Å². The number of rotatable bonds is 6. The molecule has 182 valence electrons. The first-order chi connectivity index (χ1) is 17.1. The van der Waals surface area contributed by atoms with E-state index >= 15 is 0 Å². The quantitative estimate of drug-likeness (QED) is 0.556. The normalized spacial score (nSPS) is 19.4. The zero-order valence-corrected chi connectivity index (χ0v) is 19.6. The monoisotopic (exact) mass is 476 g/mol. The van der Waals surface area contributed by atoms with E-state index in [0.717, 1.165) is 54.0 Å². The summed E-state index contributed by atoms with van der Waals surface area (Å²) in [5.74, 6) is 2.98. The largest absolute Gasteiger partial charge is 0.439 e.